The summed E-state index contributed by atoms with van der Waals surface area (Å²) in [6.07, 6.45) is 14.2. The van der Waals surface area contributed by atoms with Gasteiger partial charge in [-0.3, -0.25) is 28.8 Å². The van der Waals surface area contributed by atoms with E-state index in [1.54, 1.807) is 57.3 Å². The number of fused-ring (bicyclic) bond motifs is 1. The van der Waals surface area contributed by atoms with Crippen LogP contribution in [-0.4, -0.2) is 129 Å². The van der Waals surface area contributed by atoms with Crippen LogP contribution in [0.3, 0.4) is 0 Å². The van der Waals surface area contributed by atoms with Crippen molar-refractivity contribution in [1.82, 2.24) is 39.8 Å². The Labute approximate surface area is 500 Å². The Kier molecular flexibility index (Phi) is 18.9. The standard InChI is InChI=1S/C64H82F3N9O8S/c1-40(73(5)61(81)84-62(2,3)4)57(78)71-55(43-15-8-7-9-16-43)60(80)75-28-12-20-52(75)59-70-51(39-85-59)56(77)44-17-10-18-47(32-44)83-31-13-14-42-35-63(36-42)26-29-74(30-27-63)37-41-22-24-46(25-23-41)76-38-45-33-50(53(82-6)34-49(45)72-76)69-58(79)48-19-11-21-54(68-48)64(65,66)67/h10-11,17-19,21,32-34,38-43,46,52,55H,7-9,12-16,20,22-31,35-37H2,1-6H3,(H,69,79)(H,71,78)/t40?,41?,46?,52-,55?/m0/s1. The fraction of sp³-hybridized carbons (Fsp3) is 0.594. The van der Waals surface area contributed by atoms with Crippen molar-refractivity contribution in [3.8, 4) is 11.5 Å². The van der Waals surface area contributed by atoms with Gasteiger partial charge in [-0.15, -0.1) is 11.3 Å². The number of hydrogen-bond donors (Lipinski definition) is 2. The topological polar surface area (TPSA) is 190 Å². The molecule has 17 nitrogen and oxygen atoms in total. The summed E-state index contributed by atoms with van der Waals surface area (Å²) < 4.78 is 59.1. The zero-order chi connectivity index (χ0) is 60.2. The number of amides is 4. The molecule has 3 atom stereocenters. The number of likely N-dealkylation sites (N-methyl/N-ethyl adjacent to an activating group) is 1. The summed E-state index contributed by atoms with van der Waals surface area (Å²) in [5.74, 6) is 0.778. The molecular formula is C64H82F3N9O8S. The quantitative estimate of drug-likeness (QED) is 0.0588. The van der Waals surface area contributed by atoms with Gasteiger partial charge in [-0.05, 0) is 184 Å². The summed E-state index contributed by atoms with van der Waals surface area (Å²) in [5.41, 5.74) is 0.100. The Bertz CT molecular complexity index is 3190. The number of nitrogens with one attached hydrogen (secondary N) is 2. The van der Waals surface area contributed by atoms with Gasteiger partial charge in [0.2, 0.25) is 17.6 Å². The molecule has 458 valence electrons. The molecule has 2 saturated heterocycles. The van der Waals surface area contributed by atoms with E-state index in [9.17, 15) is 37.1 Å². The number of benzene rings is 2. The van der Waals surface area contributed by atoms with Crippen molar-refractivity contribution in [2.45, 2.75) is 173 Å². The summed E-state index contributed by atoms with van der Waals surface area (Å²) in [4.78, 5) is 82.2. The molecule has 2 aromatic carbocycles. The number of ether oxygens (including phenoxy) is 3. The van der Waals surface area contributed by atoms with Crippen LogP contribution in [0, 0.1) is 23.2 Å². The molecule has 5 fully saturated rings. The Morgan fingerprint density at radius 1 is 0.859 bits per heavy atom. The highest BCUT2D eigenvalue weighted by molar-refractivity contribution is 7.10. The van der Waals surface area contributed by atoms with Crippen molar-refractivity contribution in [3.05, 3.63) is 93.8 Å². The van der Waals surface area contributed by atoms with E-state index in [1.165, 1.54) is 62.1 Å². The number of alkyl halides is 3. The number of piperidine rings is 1. The molecule has 2 N–H and O–H groups in total. The third-order valence-electron chi connectivity index (χ3n) is 18.5. The summed E-state index contributed by atoms with van der Waals surface area (Å²) >= 11 is 1.38. The van der Waals surface area contributed by atoms with Gasteiger partial charge < -0.3 is 34.6 Å². The first-order valence-electron chi connectivity index (χ1n) is 30.6. The Balaban J connectivity index is 0.639. The number of aromatic nitrogens is 4. The van der Waals surface area contributed by atoms with Gasteiger partial charge in [-0.2, -0.15) is 18.3 Å². The van der Waals surface area contributed by atoms with Crippen LogP contribution in [0.15, 0.2) is 66.2 Å². The molecule has 3 saturated carbocycles. The van der Waals surface area contributed by atoms with Crippen LogP contribution in [-0.2, 0) is 20.5 Å². The first-order chi connectivity index (χ1) is 40.6. The van der Waals surface area contributed by atoms with Gasteiger partial charge >= 0.3 is 12.3 Å². The number of methoxy groups -OCH3 is 1. The number of halogens is 3. The highest BCUT2D eigenvalue weighted by Crippen LogP contribution is 2.54. The number of carbonyl (C=O) groups excluding carboxylic acids is 5. The van der Waals surface area contributed by atoms with E-state index in [0.29, 0.717) is 75.8 Å². The summed E-state index contributed by atoms with van der Waals surface area (Å²) in [6.45, 7) is 11.5. The zero-order valence-corrected chi connectivity index (χ0v) is 50.7. The maximum atomic E-state index is 14.6. The van der Waals surface area contributed by atoms with Crippen LogP contribution in [0.2, 0.25) is 0 Å². The van der Waals surface area contributed by atoms with E-state index in [-0.39, 0.29) is 35.4 Å². The third-order valence-corrected chi connectivity index (χ3v) is 19.4. The molecule has 85 heavy (non-hydrogen) atoms. The molecule has 2 unspecified atom stereocenters. The van der Waals surface area contributed by atoms with Crippen LogP contribution in [0.25, 0.3) is 10.9 Å². The number of nitrogens with zero attached hydrogens (tertiary/aromatic N) is 7. The largest absolute Gasteiger partial charge is 0.494 e. The monoisotopic (exact) mass is 1190 g/mol. The van der Waals surface area contributed by atoms with E-state index >= 15 is 0 Å². The summed E-state index contributed by atoms with van der Waals surface area (Å²) in [7, 11) is 3.00. The van der Waals surface area contributed by atoms with Crippen molar-refractivity contribution < 1.29 is 51.4 Å². The summed E-state index contributed by atoms with van der Waals surface area (Å²) in [5, 5.41) is 13.9. The smallest absolute Gasteiger partial charge is 0.433 e. The van der Waals surface area contributed by atoms with Gasteiger partial charge in [0.25, 0.3) is 5.91 Å². The molecule has 0 radical (unpaired) electrons. The maximum Gasteiger partial charge on any atom is 0.433 e. The predicted molar refractivity (Wildman–Crippen MR) is 318 cm³/mol. The lowest BCUT2D eigenvalue weighted by Gasteiger charge is -2.53. The number of hydrogen-bond acceptors (Lipinski definition) is 13. The van der Waals surface area contributed by atoms with Gasteiger partial charge in [-0.25, -0.2) is 14.8 Å². The molecular weight excluding hydrogens is 1110 g/mol. The van der Waals surface area contributed by atoms with Gasteiger partial charge in [-0.1, -0.05) is 37.5 Å². The molecule has 10 rings (SSSR count). The minimum Gasteiger partial charge on any atom is -0.494 e. The summed E-state index contributed by atoms with van der Waals surface area (Å²) in [6, 6.07) is 12.3. The molecule has 2 aliphatic heterocycles. The van der Waals surface area contributed by atoms with Gasteiger partial charge in [0.05, 0.1) is 37.0 Å². The Hall–Kier alpha value is -6.61. The highest BCUT2D eigenvalue weighted by atomic mass is 32.1. The van der Waals surface area contributed by atoms with Crippen molar-refractivity contribution in [2.24, 2.45) is 23.2 Å². The number of ketones is 1. The van der Waals surface area contributed by atoms with E-state index < -0.39 is 47.5 Å². The second-order valence-electron chi connectivity index (χ2n) is 25.6. The second kappa shape index (κ2) is 26.2. The van der Waals surface area contributed by atoms with Crippen molar-refractivity contribution in [3.63, 3.8) is 0 Å². The minimum absolute atomic E-state index is 0.0288. The lowest BCUT2D eigenvalue weighted by atomic mass is 9.56. The fourth-order valence-electron chi connectivity index (χ4n) is 13.6. The number of anilines is 1. The number of rotatable bonds is 19. The fourth-order valence-corrected chi connectivity index (χ4v) is 14.6. The van der Waals surface area contributed by atoms with E-state index in [4.69, 9.17) is 24.3 Å². The molecule has 4 amide bonds. The van der Waals surface area contributed by atoms with Crippen LogP contribution >= 0.6 is 11.3 Å². The predicted octanol–water partition coefficient (Wildman–Crippen LogP) is 12.5. The first-order valence-corrected chi connectivity index (χ1v) is 31.4. The first kappa shape index (κ1) is 61.5. The van der Waals surface area contributed by atoms with E-state index in [1.807, 2.05) is 27.9 Å². The number of carbonyl (C=O) groups is 5. The number of thiazole rings is 1. The normalized spacial score (nSPS) is 21.2. The highest BCUT2D eigenvalue weighted by Gasteiger charge is 2.46. The third kappa shape index (κ3) is 14.8. The second-order valence-corrected chi connectivity index (χ2v) is 26.5. The van der Waals surface area contributed by atoms with Crippen molar-refractivity contribution >= 4 is 57.5 Å². The van der Waals surface area contributed by atoms with E-state index in [0.717, 1.165) is 114 Å². The Morgan fingerprint density at radius 3 is 2.32 bits per heavy atom. The SMILES string of the molecule is COc1cc2nn(C3CCC(CN4CCC5(CC4)CC(CCCOc4cccc(C(=O)c6csc([C@@H]7CCCN7C(=O)C(NC(=O)C(C)N(C)C(=O)OC(C)(C)C)C7CCCCC7)n6)c4)C5)CC3)cc2cc1NC(=O)c1cccc(C(F)(F)F)n1. The molecule has 1 spiro atoms. The zero-order valence-electron chi connectivity index (χ0n) is 49.9. The van der Waals surface area contributed by atoms with Crippen molar-refractivity contribution in [1.29, 1.82) is 0 Å². The number of pyridine rings is 1. The van der Waals surface area contributed by atoms with Gasteiger partial charge in [0.1, 0.15) is 51.3 Å². The molecule has 21 heteroatoms. The van der Waals surface area contributed by atoms with Crippen LogP contribution < -0.4 is 20.1 Å². The molecule has 3 aromatic heterocycles. The molecule has 3 aliphatic carbocycles. The van der Waals surface area contributed by atoms with Crippen LogP contribution in [0.1, 0.15) is 186 Å². The van der Waals surface area contributed by atoms with Crippen LogP contribution in [0.4, 0.5) is 23.7 Å². The van der Waals surface area contributed by atoms with E-state index in [2.05, 4.69) is 20.5 Å². The minimum atomic E-state index is -4.67. The van der Waals surface area contributed by atoms with Crippen LogP contribution in [0.5, 0.6) is 11.5 Å². The van der Waals surface area contributed by atoms with Crippen molar-refractivity contribution in [2.75, 3.05) is 52.3 Å². The van der Waals surface area contributed by atoms with Gasteiger partial charge in [0, 0.05) is 48.7 Å². The Morgan fingerprint density at radius 2 is 1.60 bits per heavy atom. The van der Waals surface area contributed by atoms with Gasteiger partial charge in [0.15, 0.2) is 0 Å². The molecule has 5 heterocycles. The lowest BCUT2D eigenvalue weighted by Crippen LogP contribution is -2.56. The maximum absolute atomic E-state index is 14.6. The number of likely N-dealkylation sites (tertiary alicyclic amines) is 2. The average Bonchev–Trinajstić information content (AvgIpc) is 2.41. The molecule has 0 bridgehead atoms. The molecule has 5 aromatic rings. The molecule has 5 aliphatic rings. The average molecular weight is 1190 g/mol. The lowest BCUT2D eigenvalue weighted by molar-refractivity contribution is -0.141.